The zero-order chi connectivity index (χ0) is 17.7. The van der Waals surface area contributed by atoms with E-state index >= 15 is 0 Å². The highest BCUT2D eigenvalue weighted by Gasteiger charge is 2.27. The summed E-state index contributed by atoms with van der Waals surface area (Å²) in [5.41, 5.74) is 0.698. The van der Waals surface area contributed by atoms with E-state index in [0.29, 0.717) is 10.4 Å². The van der Waals surface area contributed by atoms with E-state index in [1.165, 1.54) is 18.2 Å². The second-order valence-corrected chi connectivity index (χ2v) is 5.72. The minimum absolute atomic E-state index is 0.179. The Balaban J connectivity index is 1.89. The smallest absolute Gasteiger partial charge is 0.405 e. The molecule has 0 bridgehead atoms. The Morgan fingerprint density at radius 1 is 1.08 bits per heavy atom. The second-order valence-electron chi connectivity index (χ2n) is 4.64. The number of esters is 1. The summed E-state index contributed by atoms with van der Waals surface area (Å²) in [6.07, 6.45) is -4.53. The zero-order valence-electron chi connectivity index (χ0n) is 12.0. The van der Waals surface area contributed by atoms with Crippen LogP contribution in [0.1, 0.15) is 9.67 Å². The molecule has 24 heavy (non-hydrogen) atoms. The van der Waals surface area contributed by atoms with Crippen molar-refractivity contribution < 1.29 is 31.9 Å². The first-order valence-corrected chi connectivity index (χ1v) is 7.42. The van der Waals surface area contributed by atoms with Crippen LogP contribution < -0.4 is 5.32 Å². The number of thiophene rings is 1. The van der Waals surface area contributed by atoms with Gasteiger partial charge in [-0.3, -0.25) is 4.79 Å². The lowest BCUT2D eigenvalue weighted by Crippen LogP contribution is -2.36. The van der Waals surface area contributed by atoms with Gasteiger partial charge in [-0.1, -0.05) is 12.1 Å². The first-order chi connectivity index (χ1) is 11.2. The Kier molecular flexibility index (Phi) is 5.55. The molecule has 1 aromatic heterocycles. The molecule has 0 unspecified atom stereocenters. The molecular weight excluding hydrogens is 350 g/mol. The van der Waals surface area contributed by atoms with Gasteiger partial charge >= 0.3 is 12.1 Å². The predicted molar refractivity (Wildman–Crippen MR) is 79.1 cm³/mol. The molecule has 0 radical (unpaired) electrons. The summed E-state index contributed by atoms with van der Waals surface area (Å²) < 4.78 is 53.3. The standard InChI is InChI=1S/C15H11F4NO3S/c16-10-3-1-9(2-4-10)11-5-6-12(24-11)14(22)23-7-13(21)20-8-15(17,18)19/h1-6H,7-8H2,(H,20,21). The maximum Gasteiger partial charge on any atom is 0.405 e. The quantitative estimate of drug-likeness (QED) is 0.656. The Labute approximate surface area is 138 Å². The molecule has 1 N–H and O–H groups in total. The number of rotatable bonds is 5. The number of carbonyl (C=O) groups excluding carboxylic acids is 2. The number of ether oxygens (including phenoxy) is 1. The number of hydrogen-bond donors (Lipinski definition) is 1. The fraction of sp³-hybridized carbons (Fsp3) is 0.200. The van der Waals surface area contributed by atoms with E-state index in [9.17, 15) is 27.2 Å². The minimum Gasteiger partial charge on any atom is -0.451 e. The molecule has 1 heterocycles. The summed E-state index contributed by atoms with van der Waals surface area (Å²) in [6, 6.07) is 8.72. The van der Waals surface area contributed by atoms with Crippen LogP contribution in [0.5, 0.6) is 0 Å². The van der Waals surface area contributed by atoms with Gasteiger partial charge in [0.2, 0.25) is 0 Å². The summed E-state index contributed by atoms with van der Waals surface area (Å²) in [4.78, 5) is 23.8. The summed E-state index contributed by atoms with van der Waals surface area (Å²) in [6.45, 7) is -2.30. The third-order valence-electron chi connectivity index (χ3n) is 2.76. The molecule has 0 aliphatic carbocycles. The maximum absolute atomic E-state index is 12.9. The van der Waals surface area contributed by atoms with Crippen molar-refractivity contribution in [2.75, 3.05) is 13.2 Å². The van der Waals surface area contributed by atoms with Crippen LogP contribution in [-0.2, 0) is 9.53 Å². The van der Waals surface area contributed by atoms with Crippen LogP contribution >= 0.6 is 11.3 Å². The van der Waals surface area contributed by atoms with Crippen molar-refractivity contribution in [3.05, 3.63) is 47.1 Å². The summed E-state index contributed by atoms with van der Waals surface area (Å²) in [5.74, 6) is -2.26. The first kappa shape index (κ1) is 17.9. The number of benzene rings is 1. The minimum atomic E-state index is -4.53. The van der Waals surface area contributed by atoms with E-state index in [-0.39, 0.29) is 10.7 Å². The Hall–Kier alpha value is -2.42. The van der Waals surface area contributed by atoms with Crippen molar-refractivity contribution in [2.24, 2.45) is 0 Å². The number of amides is 1. The number of hydrogen-bond acceptors (Lipinski definition) is 4. The fourth-order valence-corrected chi connectivity index (χ4v) is 2.57. The fourth-order valence-electron chi connectivity index (χ4n) is 1.67. The van der Waals surface area contributed by atoms with Gasteiger partial charge in [0, 0.05) is 4.88 Å². The van der Waals surface area contributed by atoms with Crippen molar-refractivity contribution in [3.8, 4) is 10.4 Å². The molecule has 0 atom stereocenters. The van der Waals surface area contributed by atoms with E-state index in [1.807, 2.05) is 0 Å². The third kappa shape index (κ3) is 5.34. The summed E-state index contributed by atoms with van der Waals surface area (Å²) in [5, 5.41) is 1.59. The van der Waals surface area contributed by atoms with E-state index in [2.05, 4.69) is 4.74 Å². The average Bonchev–Trinajstić information content (AvgIpc) is 3.00. The Morgan fingerprint density at radius 3 is 2.38 bits per heavy atom. The molecule has 0 aliphatic heterocycles. The topological polar surface area (TPSA) is 55.4 Å². The lowest BCUT2D eigenvalue weighted by molar-refractivity contribution is -0.140. The largest absolute Gasteiger partial charge is 0.451 e. The van der Waals surface area contributed by atoms with Crippen LogP contribution in [0.15, 0.2) is 36.4 Å². The van der Waals surface area contributed by atoms with Crippen molar-refractivity contribution >= 4 is 23.2 Å². The molecule has 0 saturated carbocycles. The molecule has 0 aliphatic rings. The van der Waals surface area contributed by atoms with Gasteiger partial charge in [-0.25, -0.2) is 9.18 Å². The van der Waals surface area contributed by atoms with Crippen molar-refractivity contribution in [2.45, 2.75) is 6.18 Å². The first-order valence-electron chi connectivity index (χ1n) is 6.61. The lowest BCUT2D eigenvalue weighted by atomic mass is 10.2. The van der Waals surface area contributed by atoms with Crippen LogP contribution in [0, 0.1) is 5.82 Å². The van der Waals surface area contributed by atoms with Gasteiger partial charge in [0.05, 0.1) is 0 Å². The summed E-state index contributed by atoms with van der Waals surface area (Å²) >= 11 is 1.06. The molecule has 128 valence electrons. The van der Waals surface area contributed by atoms with Gasteiger partial charge in [0.25, 0.3) is 5.91 Å². The molecule has 2 rings (SSSR count). The number of nitrogens with one attached hydrogen (secondary N) is 1. The molecule has 2 aromatic rings. The van der Waals surface area contributed by atoms with Crippen LogP contribution in [0.3, 0.4) is 0 Å². The van der Waals surface area contributed by atoms with Gasteiger partial charge in [0.1, 0.15) is 17.2 Å². The highest BCUT2D eigenvalue weighted by atomic mass is 32.1. The van der Waals surface area contributed by atoms with Crippen LogP contribution in [-0.4, -0.2) is 31.2 Å². The normalized spacial score (nSPS) is 11.2. The van der Waals surface area contributed by atoms with Gasteiger partial charge in [-0.15, -0.1) is 11.3 Å². The molecule has 1 amide bonds. The molecule has 4 nitrogen and oxygen atoms in total. The highest BCUT2D eigenvalue weighted by molar-refractivity contribution is 7.17. The molecule has 0 saturated heterocycles. The van der Waals surface area contributed by atoms with Gasteiger partial charge in [0.15, 0.2) is 6.61 Å². The van der Waals surface area contributed by atoms with Crippen molar-refractivity contribution in [1.29, 1.82) is 0 Å². The van der Waals surface area contributed by atoms with E-state index in [0.717, 1.165) is 11.3 Å². The molecule has 1 aromatic carbocycles. The molecule has 9 heteroatoms. The monoisotopic (exact) mass is 361 g/mol. The molecule has 0 fully saturated rings. The van der Waals surface area contributed by atoms with Crippen molar-refractivity contribution in [1.82, 2.24) is 5.32 Å². The zero-order valence-corrected chi connectivity index (χ0v) is 12.8. The van der Waals surface area contributed by atoms with Crippen LogP contribution in [0.4, 0.5) is 17.6 Å². The average molecular weight is 361 g/mol. The van der Waals surface area contributed by atoms with Gasteiger partial charge < -0.3 is 10.1 Å². The SMILES string of the molecule is O=C(COC(=O)c1ccc(-c2ccc(F)cc2)s1)NCC(F)(F)F. The van der Waals surface area contributed by atoms with Crippen LogP contribution in [0.25, 0.3) is 10.4 Å². The molecular formula is C15H11F4NO3S. The Bertz CT molecular complexity index is 725. The second kappa shape index (κ2) is 7.43. The van der Waals surface area contributed by atoms with E-state index in [4.69, 9.17) is 0 Å². The summed E-state index contributed by atoms with van der Waals surface area (Å²) in [7, 11) is 0. The molecule has 0 spiro atoms. The van der Waals surface area contributed by atoms with Crippen LogP contribution in [0.2, 0.25) is 0 Å². The van der Waals surface area contributed by atoms with E-state index < -0.39 is 31.2 Å². The van der Waals surface area contributed by atoms with Gasteiger partial charge in [-0.2, -0.15) is 13.2 Å². The third-order valence-corrected chi connectivity index (χ3v) is 3.87. The number of alkyl halides is 3. The number of carbonyl (C=O) groups is 2. The maximum atomic E-state index is 12.9. The highest BCUT2D eigenvalue weighted by Crippen LogP contribution is 2.28. The van der Waals surface area contributed by atoms with E-state index in [1.54, 1.807) is 23.5 Å². The predicted octanol–water partition coefficient (Wildman–Crippen LogP) is 3.39. The Morgan fingerprint density at radius 2 is 1.75 bits per heavy atom. The number of halogens is 4. The van der Waals surface area contributed by atoms with Gasteiger partial charge in [-0.05, 0) is 29.8 Å². The lowest BCUT2D eigenvalue weighted by Gasteiger charge is -2.08. The van der Waals surface area contributed by atoms with Crippen molar-refractivity contribution in [3.63, 3.8) is 0 Å².